The quantitative estimate of drug-likeness (QED) is 0.679. The summed E-state index contributed by atoms with van der Waals surface area (Å²) in [4.78, 5) is 38.6. The number of piperidine rings is 2. The highest BCUT2D eigenvalue weighted by molar-refractivity contribution is 6.08. The number of amides is 2. The van der Waals surface area contributed by atoms with Crippen LogP contribution >= 0.6 is 0 Å². The maximum atomic E-state index is 12.6. The Balaban J connectivity index is 1.99. The van der Waals surface area contributed by atoms with Crippen LogP contribution in [0.3, 0.4) is 0 Å². The predicted molar refractivity (Wildman–Crippen MR) is 69.6 cm³/mol. The Morgan fingerprint density at radius 1 is 1.30 bits per heavy atom. The summed E-state index contributed by atoms with van der Waals surface area (Å²) in [6.07, 6.45) is 1.90. The predicted octanol–water partition coefficient (Wildman–Crippen LogP) is -0.548. The van der Waals surface area contributed by atoms with E-state index in [9.17, 15) is 19.5 Å². The van der Waals surface area contributed by atoms with Gasteiger partial charge >= 0.3 is 0 Å². The molecule has 6 nitrogen and oxygen atoms in total. The average molecular weight is 280 g/mol. The molecule has 0 unspecified atom stereocenters. The van der Waals surface area contributed by atoms with Crippen molar-refractivity contribution in [1.82, 2.24) is 10.2 Å². The summed E-state index contributed by atoms with van der Waals surface area (Å²) in [5, 5.41) is 12.7. The van der Waals surface area contributed by atoms with Crippen molar-refractivity contribution in [3.05, 3.63) is 0 Å². The molecular formula is C14H20N2O4. The number of hydrogen-bond donors (Lipinski definition) is 2. The third-order valence-electron chi connectivity index (χ3n) is 4.87. The number of hydrogen-bond acceptors (Lipinski definition) is 4. The van der Waals surface area contributed by atoms with Crippen LogP contribution in [0.2, 0.25) is 0 Å². The van der Waals surface area contributed by atoms with E-state index in [1.54, 1.807) is 4.90 Å². The maximum Gasteiger partial charge on any atom is 0.233 e. The van der Waals surface area contributed by atoms with Crippen molar-refractivity contribution in [2.75, 3.05) is 6.54 Å². The van der Waals surface area contributed by atoms with Crippen LogP contribution in [0.15, 0.2) is 0 Å². The molecule has 2 amide bonds. The number of Topliss-reactive ketones (excluding diaryl/α,β-unsaturated/α-hetero) is 1. The van der Waals surface area contributed by atoms with Crippen molar-refractivity contribution in [3.63, 3.8) is 0 Å². The van der Waals surface area contributed by atoms with Gasteiger partial charge < -0.3 is 15.3 Å². The highest BCUT2D eigenvalue weighted by Gasteiger charge is 2.57. The van der Waals surface area contributed by atoms with Gasteiger partial charge in [-0.05, 0) is 19.3 Å². The monoisotopic (exact) mass is 280 g/mol. The van der Waals surface area contributed by atoms with E-state index in [1.165, 1.54) is 0 Å². The zero-order valence-electron chi connectivity index (χ0n) is 11.5. The van der Waals surface area contributed by atoms with Crippen molar-refractivity contribution in [2.45, 2.75) is 50.8 Å². The summed E-state index contributed by atoms with van der Waals surface area (Å²) in [6.45, 7) is 2.64. The highest BCUT2D eigenvalue weighted by atomic mass is 16.3. The van der Waals surface area contributed by atoms with Gasteiger partial charge in [0.05, 0.1) is 18.0 Å². The molecule has 20 heavy (non-hydrogen) atoms. The number of carbonyl (C=O) groups is 3. The van der Waals surface area contributed by atoms with E-state index in [2.05, 4.69) is 5.32 Å². The Labute approximate surface area is 117 Å². The van der Waals surface area contributed by atoms with Crippen molar-refractivity contribution in [1.29, 1.82) is 0 Å². The summed E-state index contributed by atoms with van der Waals surface area (Å²) in [5.41, 5.74) is 0. The van der Waals surface area contributed by atoms with Gasteiger partial charge in [0, 0.05) is 6.54 Å². The molecule has 0 aromatic rings. The SMILES string of the molecule is CCCCN1C(=O)[C@H]2CC[C@@H]1[C@H]1C(=O)N[C@H]2[C@H](O)C1=O. The lowest BCUT2D eigenvalue weighted by atomic mass is 9.69. The molecule has 5 saturated heterocycles. The summed E-state index contributed by atoms with van der Waals surface area (Å²) < 4.78 is 0. The zero-order valence-corrected chi connectivity index (χ0v) is 11.5. The first-order valence-electron chi connectivity index (χ1n) is 7.39. The first-order valence-corrected chi connectivity index (χ1v) is 7.39. The number of nitrogens with one attached hydrogen (secondary N) is 1. The number of aliphatic hydroxyl groups is 1. The molecule has 5 heterocycles. The van der Waals surface area contributed by atoms with Gasteiger partial charge in [-0.1, -0.05) is 13.3 Å². The number of carbonyl (C=O) groups excluding carboxylic acids is 3. The standard InChI is InChI=1S/C14H20N2O4/c1-2-3-6-16-8-5-4-7(14(16)20)10-12(18)11(17)9(8)13(19)15-10/h7-10,12,18H,2-6H2,1H3,(H,15,19)/t7-,8+,9+,10+,12-/m0/s1. The summed E-state index contributed by atoms with van der Waals surface area (Å²) in [6, 6.07) is -1.13. The maximum absolute atomic E-state index is 12.6. The topological polar surface area (TPSA) is 86.7 Å². The molecule has 1 saturated carbocycles. The Bertz CT molecular complexity index is 464. The molecule has 5 atom stereocenters. The van der Waals surface area contributed by atoms with Gasteiger partial charge in [-0.3, -0.25) is 14.4 Å². The van der Waals surface area contributed by atoms with Crippen LogP contribution in [0.1, 0.15) is 32.6 Å². The second-order valence-electron chi connectivity index (χ2n) is 6.00. The molecule has 1 aliphatic carbocycles. The Morgan fingerprint density at radius 2 is 2.05 bits per heavy atom. The first-order chi connectivity index (χ1) is 9.56. The molecule has 5 aliphatic heterocycles. The lowest BCUT2D eigenvalue weighted by Gasteiger charge is -2.51. The molecule has 6 rings (SSSR count). The Hall–Kier alpha value is -1.43. The molecule has 0 spiro atoms. The molecule has 110 valence electrons. The van der Waals surface area contributed by atoms with Crippen molar-refractivity contribution in [2.24, 2.45) is 11.8 Å². The van der Waals surface area contributed by atoms with Gasteiger partial charge in [0.2, 0.25) is 11.8 Å². The van der Waals surface area contributed by atoms with E-state index in [1.807, 2.05) is 6.92 Å². The van der Waals surface area contributed by atoms with E-state index in [-0.39, 0.29) is 17.9 Å². The normalized spacial score (nSPS) is 39.8. The van der Waals surface area contributed by atoms with Gasteiger partial charge in [-0.15, -0.1) is 0 Å². The second kappa shape index (κ2) is 4.84. The fraction of sp³-hybridized carbons (Fsp3) is 0.786. The molecular weight excluding hydrogens is 260 g/mol. The molecule has 4 bridgehead atoms. The summed E-state index contributed by atoms with van der Waals surface area (Å²) in [7, 11) is 0. The number of unbranched alkanes of at least 4 members (excludes halogenated alkanes) is 1. The first kappa shape index (κ1) is 13.5. The third-order valence-corrected chi connectivity index (χ3v) is 4.87. The van der Waals surface area contributed by atoms with Crippen LogP contribution in [-0.2, 0) is 14.4 Å². The van der Waals surface area contributed by atoms with Gasteiger partial charge in [-0.25, -0.2) is 0 Å². The van der Waals surface area contributed by atoms with Crippen LogP contribution in [0, 0.1) is 11.8 Å². The number of ketones is 1. The van der Waals surface area contributed by atoms with Gasteiger partial charge in [0.1, 0.15) is 12.0 Å². The third kappa shape index (κ3) is 1.78. The molecule has 6 aliphatic rings. The minimum atomic E-state index is -1.23. The van der Waals surface area contributed by atoms with Crippen LogP contribution < -0.4 is 5.32 Å². The van der Waals surface area contributed by atoms with Crippen LogP contribution in [0.5, 0.6) is 0 Å². The van der Waals surface area contributed by atoms with Crippen LogP contribution in [0.4, 0.5) is 0 Å². The molecule has 6 heteroatoms. The van der Waals surface area contributed by atoms with Crippen LogP contribution in [0.25, 0.3) is 0 Å². The minimum Gasteiger partial charge on any atom is -0.383 e. The summed E-state index contributed by atoms with van der Waals surface area (Å²) >= 11 is 0. The van der Waals surface area contributed by atoms with Gasteiger partial charge in [0.15, 0.2) is 5.78 Å². The smallest absolute Gasteiger partial charge is 0.233 e. The number of aliphatic hydroxyl groups excluding tert-OH is 1. The molecule has 0 aromatic heterocycles. The largest absolute Gasteiger partial charge is 0.383 e. The van der Waals surface area contributed by atoms with E-state index >= 15 is 0 Å². The van der Waals surface area contributed by atoms with E-state index in [0.29, 0.717) is 19.4 Å². The second-order valence-corrected chi connectivity index (χ2v) is 6.00. The highest BCUT2D eigenvalue weighted by Crippen LogP contribution is 2.38. The van der Waals surface area contributed by atoms with Gasteiger partial charge in [0.25, 0.3) is 0 Å². The molecule has 0 aromatic carbocycles. The zero-order chi connectivity index (χ0) is 14.4. The lowest BCUT2D eigenvalue weighted by molar-refractivity contribution is -0.166. The Kier molecular flexibility index (Phi) is 3.28. The fourth-order valence-corrected chi connectivity index (χ4v) is 3.80. The van der Waals surface area contributed by atoms with Crippen molar-refractivity contribution in [3.8, 4) is 0 Å². The van der Waals surface area contributed by atoms with Gasteiger partial charge in [-0.2, -0.15) is 0 Å². The van der Waals surface area contributed by atoms with Crippen molar-refractivity contribution < 1.29 is 19.5 Å². The minimum absolute atomic E-state index is 0.0174. The van der Waals surface area contributed by atoms with Crippen LogP contribution in [-0.4, -0.2) is 52.3 Å². The van der Waals surface area contributed by atoms with E-state index < -0.39 is 29.8 Å². The summed E-state index contributed by atoms with van der Waals surface area (Å²) in [5.74, 6) is -2.12. The molecule has 2 N–H and O–H groups in total. The average Bonchev–Trinajstić information content (AvgIpc) is 2.41. The fourth-order valence-electron chi connectivity index (χ4n) is 3.80. The lowest BCUT2D eigenvalue weighted by Crippen LogP contribution is -2.72. The molecule has 6 fully saturated rings. The number of nitrogens with zero attached hydrogens (tertiary/aromatic N) is 1. The molecule has 0 radical (unpaired) electrons. The Morgan fingerprint density at radius 3 is 2.75 bits per heavy atom. The van der Waals surface area contributed by atoms with E-state index in [4.69, 9.17) is 0 Å². The van der Waals surface area contributed by atoms with Crippen molar-refractivity contribution >= 4 is 17.6 Å². The van der Waals surface area contributed by atoms with E-state index in [0.717, 1.165) is 12.8 Å². The number of rotatable bonds is 3.